The highest BCUT2D eigenvalue weighted by molar-refractivity contribution is 7.45. The lowest BCUT2D eigenvalue weighted by Gasteiger charge is -2.12. The van der Waals surface area contributed by atoms with Gasteiger partial charge in [-0.2, -0.15) is 0 Å². The molecule has 0 aliphatic rings. The average Bonchev–Trinajstić information content (AvgIpc) is 2.19. The lowest BCUT2D eigenvalue weighted by Crippen LogP contribution is -2.23. The van der Waals surface area contributed by atoms with E-state index in [0.717, 1.165) is 5.56 Å². The molecule has 0 heterocycles. The van der Waals surface area contributed by atoms with Crippen molar-refractivity contribution < 1.29 is 14.5 Å². The molecule has 1 aromatic carbocycles. The Bertz CT molecular complexity index is 255. The molecule has 1 atom stereocenters. The smallest absolute Gasteiger partial charge is 0.185 e. The maximum atomic E-state index is 8.73. The van der Waals surface area contributed by atoms with E-state index in [1.165, 1.54) is 0 Å². The van der Waals surface area contributed by atoms with Gasteiger partial charge in [0.15, 0.2) is 8.38 Å². The van der Waals surface area contributed by atoms with Gasteiger partial charge in [-0.15, -0.1) is 0 Å². The number of benzene rings is 1. The molecule has 4 N–H and O–H groups in total. The molecule has 0 unspecified atom stereocenters. The van der Waals surface area contributed by atoms with Gasteiger partial charge < -0.3 is 20.3 Å². The third-order valence-corrected chi connectivity index (χ3v) is 2.44. The molecule has 0 amide bonds. The average molecular weight is 215 g/mol. The quantitative estimate of drug-likeness (QED) is 0.634. The first-order valence-corrected chi connectivity index (χ1v) is 5.56. The number of hydrogen-bond donors (Lipinski definition) is 3. The Labute approximate surface area is 84.2 Å². The number of rotatable bonds is 5. The zero-order valence-electron chi connectivity index (χ0n) is 7.71. The van der Waals surface area contributed by atoms with Crippen molar-refractivity contribution in [3.8, 4) is 0 Å². The first-order chi connectivity index (χ1) is 6.70. The predicted octanol–water partition coefficient (Wildman–Crippen LogP) is 0.784. The zero-order chi connectivity index (χ0) is 10.4. The number of ether oxygens (including phenoxy) is 1. The van der Waals surface area contributed by atoms with Crippen molar-refractivity contribution in [2.45, 2.75) is 12.4 Å². The molecule has 78 valence electrons. The van der Waals surface area contributed by atoms with Gasteiger partial charge in [0, 0.05) is 0 Å². The van der Waals surface area contributed by atoms with Crippen molar-refractivity contribution in [3.63, 3.8) is 0 Å². The van der Waals surface area contributed by atoms with Crippen molar-refractivity contribution >= 4 is 8.38 Å². The summed E-state index contributed by atoms with van der Waals surface area (Å²) in [4.78, 5) is 17.5. The van der Waals surface area contributed by atoms with Crippen molar-refractivity contribution in [3.05, 3.63) is 35.9 Å². The van der Waals surface area contributed by atoms with E-state index < -0.39 is 14.2 Å². The van der Waals surface area contributed by atoms with Crippen LogP contribution in [-0.2, 0) is 11.3 Å². The van der Waals surface area contributed by atoms with Crippen molar-refractivity contribution in [2.75, 3.05) is 6.61 Å². The van der Waals surface area contributed by atoms with Gasteiger partial charge in [-0.05, 0) is 5.56 Å². The second kappa shape index (κ2) is 6.06. The normalized spacial score (nSPS) is 13.1. The van der Waals surface area contributed by atoms with Gasteiger partial charge in [0.25, 0.3) is 0 Å². The third kappa shape index (κ3) is 4.13. The Morgan fingerprint density at radius 2 is 1.93 bits per heavy atom. The van der Waals surface area contributed by atoms with Gasteiger partial charge in [-0.1, -0.05) is 30.3 Å². The molecule has 1 rings (SSSR count). The molecule has 0 saturated heterocycles. The van der Waals surface area contributed by atoms with E-state index in [2.05, 4.69) is 0 Å². The van der Waals surface area contributed by atoms with E-state index in [0.29, 0.717) is 6.61 Å². The van der Waals surface area contributed by atoms with E-state index in [-0.39, 0.29) is 6.61 Å². The van der Waals surface area contributed by atoms with Crippen molar-refractivity contribution in [2.24, 2.45) is 5.73 Å². The lowest BCUT2D eigenvalue weighted by atomic mass is 10.2. The summed E-state index contributed by atoms with van der Waals surface area (Å²) in [7, 11) is -2.09. The SMILES string of the molecule is N[C@@H](COCc1ccccc1)P(O)O. The van der Waals surface area contributed by atoms with Crippen LogP contribution < -0.4 is 5.73 Å². The van der Waals surface area contributed by atoms with Crippen LogP contribution in [0.25, 0.3) is 0 Å². The minimum Gasteiger partial charge on any atom is -0.375 e. The molecular weight excluding hydrogens is 201 g/mol. The van der Waals surface area contributed by atoms with Gasteiger partial charge in [0.2, 0.25) is 0 Å². The minimum atomic E-state index is -2.09. The molecule has 0 aliphatic carbocycles. The van der Waals surface area contributed by atoms with Crippen LogP contribution in [0.1, 0.15) is 5.56 Å². The second-order valence-electron chi connectivity index (χ2n) is 2.89. The summed E-state index contributed by atoms with van der Waals surface area (Å²) in [5.74, 6) is -0.686. The molecule has 4 nitrogen and oxygen atoms in total. The highest BCUT2D eigenvalue weighted by Crippen LogP contribution is 2.26. The van der Waals surface area contributed by atoms with Crippen LogP contribution >= 0.6 is 8.38 Å². The Kier molecular flexibility index (Phi) is 5.01. The summed E-state index contributed by atoms with van der Waals surface area (Å²) in [6.45, 7) is 0.602. The fraction of sp³-hybridized carbons (Fsp3) is 0.333. The molecule has 1 aromatic rings. The Hall–Kier alpha value is -0.510. The first kappa shape index (κ1) is 11.6. The fourth-order valence-corrected chi connectivity index (χ4v) is 1.18. The van der Waals surface area contributed by atoms with Crippen LogP contribution in [-0.4, -0.2) is 22.2 Å². The van der Waals surface area contributed by atoms with Crippen LogP contribution in [0.3, 0.4) is 0 Å². The van der Waals surface area contributed by atoms with Crippen molar-refractivity contribution in [1.82, 2.24) is 0 Å². The summed E-state index contributed by atoms with van der Waals surface area (Å²) < 4.78 is 5.21. The summed E-state index contributed by atoms with van der Waals surface area (Å²) >= 11 is 0. The molecule has 5 heteroatoms. The minimum absolute atomic E-state index is 0.160. The molecule has 0 fully saturated rings. The zero-order valence-corrected chi connectivity index (χ0v) is 8.60. The third-order valence-electron chi connectivity index (χ3n) is 1.70. The van der Waals surface area contributed by atoms with E-state index in [4.69, 9.17) is 20.3 Å². The van der Waals surface area contributed by atoms with Crippen LogP contribution in [0.2, 0.25) is 0 Å². The van der Waals surface area contributed by atoms with Gasteiger partial charge in [-0.25, -0.2) is 0 Å². The summed E-state index contributed by atoms with van der Waals surface area (Å²) in [5, 5.41) is 0. The largest absolute Gasteiger partial charge is 0.375 e. The van der Waals surface area contributed by atoms with Gasteiger partial charge in [0.05, 0.1) is 19.0 Å². The summed E-state index contributed by atoms with van der Waals surface area (Å²) in [6, 6.07) is 9.64. The van der Waals surface area contributed by atoms with E-state index in [1.54, 1.807) is 0 Å². The molecular formula is C9H14NO3P. The first-order valence-electron chi connectivity index (χ1n) is 4.24. The highest BCUT2D eigenvalue weighted by atomic mass is 31.2. The molecule has 14 heavy (non-hydrogen) atoms. The maximum absolute atomic E-state index is 8.73. The molecule has 0 spiro atoms. The van der Waals surface area contributed by atoms with Crippen LogP contribution in [0.15, 0.2) is 30.3 Å². The molecule has 0 aliphatic heterocycles. The molecule has 0 aromatic heterocycles. The monoisotopic (exact) mass is 215 g/mol. The molecule has 0 saturated carbocycles. The second-order valence-corrected chi connectivity index (χ2v) is 4.19. The number of hydrogen-bond acceptors (Lipinski definition) is 4. The standard InChI is InChI=1S/C9H14NO3P/c10-9(14(11)12)7-13-6-8-4-2-1-3-5-8/h1-5,9,11-12H,6-7,10H2/t9-/m1/s1. The highest BCUT2D eigenvalue weighted by Gasteiger charge is 2.11. The van der Waals surface area contributed by atoms with E-state index in [9.17, 15) is 0 Å². The van der Waals surface area contributed by atoms with Crippen molar-refractivity contribution in [1.29, 1.82) is 0 Å². The lowest BCUT2D eigenvalue weighted by molar-refractivity contribution is 0.119. The van der Waals surface area contributed by atoms with E-state index >= 15 is 0 Å². The number of nitrogens with two attached hydrogens (primary N) is 1. The molecule has 0 bridgehead atoms. The maximum Gasteiger partial charge on any atom is 0.185 e. The Morgan fingerprint density at radius 1 is 1.29 bits per heavy atom. The van der Waals surface area contributed by atoms with Gasteiger partial charge in [0.1, 0.15) is 0 Å². The summed E-state index contributed by atoms with van der Waals surface area (Å²) in [6.07, 6.45) is 0. The van der Waals surface area contributed by atoms with Gasteiger partial charge >= 0.3 is 0 Å². The topological polar surface area (TPSA) is 75.7 Å². The van der Waals surface area contributed by atoms with Gasteiger partial charge in [-0.3, -0.25) is 0 Å². The van der Waals surface area contributed by atoms with E-state index in [1.807, 2.05) is 30.3 Å². The van der Waals surface area contributed by atoms with Crippen LogP contribution in [0, 0.1) is 0 Å². The fourth-order valence-electron chi connectivity index (χ4n) is 0.938. The Morgan fingerprint density at radius 3 is 2.50 bits per heavy atom. The predicted molar refractivity (Wildman–Crippen MR) is 55.4 cm³/mol. The Balaban J connectivity index is 2.22. The van der Waals surface area contributed by atoms with Crippen LogP contribution in [0.5, 0.6) is 0 Å². The molecule has 0 radical (unpaired) electrons. The van der Waals surface area contributed by atoms with Crippen LogP contribution in [0.4, 0.5) is 0 Å². The summed E-state index contributed by atoms with van der Waals surface area (Å²) in [5.41, 5.74) is 6.43.